The molecular formula is C15H15NO4. The largest absolute Gasteiger partial charge is 0.486 e. The van der Waals surface area contributed by atoms with Crippen LogP contribution in [-0.4, -0.2) is 36.3 Å². The summed E-state index contributed by atoms with van der Waals surface area (Å²) in [5.41, 5.74) is 2.21. The molecule has 3 heterocycles. The molecule has 0 N–H and O–H groups in total. The van der Waals surface area contributed by atoms with Gasteiger partial charge in [-0.2, -0.15) is 0 Å². The number of nitrogens with zero attached hydrogens (tertiary/aromatic N) is 1. The fourth-order valence-corrected chi connectivity index (χ4v) is 3.31. The molecule has 0 spiro atoms. The molecule has 0 radical (unpaired) electrons. The van der Waals surface area contributed by atoms with Gasteiger partial charge in [-0.25, -0.2) is 0 Å². The lowest BCUT2D eigenvalue weighted by Crippen LogP contribution is -2.45. The number of benzene rings is 1. The minimum atomic E-state index is -0.122. The van der Waals surface area contributed by atoms with Gasteiger partial charge >= 0.3 is 0 Å². The van der Waals surface area contributed by atoms with Gasteiger partial charge in [0.05, 0.1) is 12.5 Å². The summed E-state index contributed by atoms with van der Waals surface area (Å²) in [6.45, 7) is 1.79. The highest BCUT2D eigenvalue weighted by atomic mass is 16.6. The predicted molar refractivity (Wildman–Crippen MR) is 69.8 cm³/mol. The molecule has 1 unspecified atom stereocenters. The first kappa shape index (κ1) is 11.8. The Morgan fingerprint density at radius 3 is 2.65 bits per heavy atom. The van der Waals surface area contributed by atoms with Gasteiger partial charge in [0.2, 0.25) is 5.91 Å². The normalized spacial score (nSPS) is 24.2. The highest BCUT2D eigenvalue weighted by Crippen LogP contribution is 2.42. The highest BCUT2D eigenvalue weighted by Gasteiger charge is 2.38. The average molecular weight is 273 g/mol. The Morgan fingerprint density at radius 2 is 1.85 bits per heavy atom. The van der Waals surface area contributed by atoms with Crippen molar-refractivity contribution in [2.24, 2.45) is 0 Å². The van der Waals surface area contributed by atoms with Crippen molar-refractivity contribution in [3.05, 3.63) is 23.3 Å². The van der Waals surface area contributed by atoms with Gasteiger partial charge in [-0.3, -0.25) is 9.59 Å². The van der Waals surface area contributed by atoms with Gasteiger partial charge in [0.1, 0.15) is 19.0 Å². The van der Waals surface area contributed by atoms with Gasteiger partial charge in [-0.05, 0) is 29.7 Å². The van der Waals surface area contributed by atoms with Gasteiger partial charge in [0.25, 0.3) is 0 Å². The Balaban J connectivity index is 1.79. The summed E-state index contributed by atoms with van der Waals surface area (Å²) >= 11 is 0. The summed E-state index contributed by atoms with van der Waals surface area (Å²) in [4.78, 5) is 25.5. The molecule has 104 valence electrons. The number of piperidine rings is 1. The van der Waals surface area contributed by atoms with Crippen molar-refractivity contribution in [3.63, 3.8) is 0 Å². The number of ketones is 1. The summed E-state index contributed by atoms with van der Waals surface area (Å²) in [6.07, 6.45) is 1.27. The van der Waals surface area contributed by atoms with E-state index < -0.39 is 0 Å². The number of fused-ring (bicyclic) bond motifs is 4. The molecule has 1 aromatic rings. The predicted octanol–water partition coefficient (Wildman–Crippen LogP) is 1.25. The van der Waals surface area contributed by atoms with E-state index in [9.17, 15) is 9.59 Å². The first-order valence-electron chi connectivity index (χ1n) is 6.96. The van der Waals surface area contributed by atoms with Gasteiger partial charge in [0, 0.05) is 13.0 Å². The van der Waals surface area contributed by atoms with Crippen LogP contribution in [0.15, 0.2) is 12.1 Å². The van der Waals surface area contributed by atoms with Crippen LogP contribution in [0.3, 0.4) is 0 Å². The van der Waals surface area contributed by atoms with Crippen molar-refractivity contribution in [1.82, 2.24) is 4.90 Å². The summed E-state index contributed by atoms with van der Waals surface area (Å²) < 4.78 is 11.2. The number of hydrogen-bond donors (Lipinski definition) is 0. The van der Waals surface area contributed by atoms with E-state index in [0.717, 1.165) is 29.0 Å². The van der Waals surface area contributed by atoms with Crippen molar-refractivity contribution in [1.29, 1.82) is 0 Å². The molecular weight excluding hydrogens is 258 g/mol. The summed E-state index contributed by atoms with van der Waals surface area (Å²) in [5, 5.41) is 0. The molecule has 0 bridgehead atoms. The molecule has 3 aliphatic rings. The zero-order chi connectivity index (χ0) is 13.7. The van der Waals surface area contributed by atoms with Gasteiger partial charge in [0.15, 0.2) is 11.5 Å². The molecule has 1 fully saturated rings. The first-order valence-corrected chi connectivity index (χ1v) is 6.96. The molecule has 0 aromatic heterocycles. The van der Waals surface area contributed by atoms with Crippen molar-refractivity contribution in [2.75, 3.05) is 19.8 Å². The molecule has 1 atom stereocenters. The molecule has 1 aromatic carbocycles. The van der Waals surface area contributed by atoms with Crippen LogP contribution in [0, 0.1) is 0 Å². The fraction of sp³-hybridized carbons (Fsp3) is 0.467. The quantitative estimate of drug-likeness (QED) is 0.667. The van der Waals surface area contributed by atoms with Crippen molar-refractivity contribution in [2.45, 2.75) is 25.3 Å². The Bertz CT molecular complexity index is 610. The maximum Gasteiger partial charge on any atom is 0.230 e. The number of amides is 1. The van der Waals surface area contributed by atoms with E-state index in [4.69, 9.17) is 9.47 Å². The third kappa shape index (κ3) is 1.69. The van der Waals surface area contributed by atoms with E-state index in [1.807, 2.05) is 17.0 Å². The molecule has 5 heteroatoms. The van der Waals surface area contributed by atoms with Crippen LogP contribution in [0.5, 0.6) is 11.5 Å². The van der Waals surface area contributed by atoms with Gasteiger partial charge in [-0.1, -0.05) is 0 Å². The van der Waals surface area contributed by atoms with E-state index in [1.54, 1.807) is 0 Å². The van der Waals surface area contributed by atoms with Crippen LogP contribution in [0.2, 0.25) is 0 Å². The number of carbonyl (C=O) groups is 2. The van der Waals surface area contributed by atoms with Crippen LogP contribution in [0.4, 0.5) is 0 Å². The maximum absolute atomic E-state index is 12.0. The van der Waals surface area contributed by atoms with E-state index in [1.165, 1.54) is 0 Å². The number of ether oxygens (including phenoxy) is 2. The number of Topliss-reactive ketones (excluding diaryl/α,β-unsaturated/α-hetero) is 1. The molecule has 1 amide bonds. The van der Waals surface area contributed by atoms with E-state index in [-0.39, 0.29) is 24.2 Å². The van der Waals surface area contributed by atoms with Crippen LogP contribution in [0.1, 0.15) is 30.0 Å². The lowest BCUT2D eigenvalue weighted by atomic mass is 9.86. The summed E-state index contributed by atoms with van der Waals surface area (Å²) in [7, 11) is 0. The Morgan fingerprint density at radius 1 is 1.10 bits per heavy atom. The Hall–Kier alpha value is -2.04. The van der Waals surface area contributed by atoms with E-state index >= 15 is 0 Å². The molecule has 20 heavy (non-hydrogen) atoms. The van der Waals surface area contributed by atoms with E-state index in [0.29, 0.717) is 26.2 Å². The fourth-order valence-electron chi connectivity index (χ4n) is 3.31. The number of rotatable bonds is 0. The standard InChI is InChI=1S/C15H15NO4/c17-10-6-12-11-8-14-13(19-3-4-20-14)5-9(11)1-2-16(12)15(18)7-10/h5,8,12H,1-4,6-7H2. The smallest absolute Gasteiger partial charge is 0.230 e. The number of carbonyl (C=O) groups excluding carboxylic acids is 2. The van der Waals surface area contributed by atoms with Crippen molar-refractivity contribution < 1.29 is 19.1 Å². The van der Waals surface area contributed by atoms with Crippen LogP contribution < -0.4 is 9.47 Å². The average Bonchev–Trinajstić information content (AvgIpc) is 2.45. The Kier molecular flexibility index (Phi) is 2.49. The number of hydrogen-bond acceptors (Lipinski definition) is 4. The lowest BCUT2D eigenvalue weighted by Gasteiger charge is -2.40. The minimum absolute atomic E-state index is 0.0268. The topological polar surface area (TPSA) is 55.8 Å². The lowest BCUT2D eigenvalue weighted by molar-refractivity contribution is -0.143. The first-order chi connectivity index (χ1) is 9.72. The van der Waals surface area contributed by atoms with Crippen LogP contribution in [0.25, 0.3) is 0 Å². The third-order valence-corrected chi connectivity index (χ3v) is 4.25. The zero-order valence-electron chi connectivity index (χ0n) is 11.1. The summed E-state index contributed by atoms with van der Waals surface area (Å²) in [6, 6.07) is 3.83. The SMILES string of the molecule is O=C1CC(=O)N2CCc3cc4c(cc3C2C1)OCCO4. The highest BCUT2D eigenvalue weighted by molar-refractivity contribution is 6.01. The third-order valence-electron chi connectivity index (χ3n) is 4.25. The molecule has 3 aliphatic heterocycles. The van der Waals surface area contributed by atoms with Crippen molar-refractivity contribution in [3.8, 4) is 11.5 Å². The molecule has 0 aliphatic carbocycles. The maximum atomic E-state index is 12.0. The van der Waals surface area contributed by atoms with Gasteiger partial charge in [-0.15, -0.1) is 0 Å². The minimum Gasteiger partial charge on any atom is -0.486 e. The second-order valence-corrected chi connectivity index (χ2v) is 5.47. The molecule has 1 saturated heterocycles. The van der Waals surface area contributed by atoms with Gasteiger partial charge < -0.3 is 14.4 Å². The van der Waals surface area contributed by atoms with Crippen molar-refractivity contribution >= 4 is 11.7 Å². The molecule has 5 nitrogen and oxygen atoms in total. The monoisotopic (exact) mass is 273 g/mol. The second-order valence-electron chi connectivity index (χ2n) is 5.47. The van der Waals surface area contributed by atoms with Crippen LogP contribution in [-0.2, 0) is 16.0 Å². The molecule has 4 rings (SSSR count). The molecule has 0 saturated carbocycles. The Labute approximate surface area is 116 Å². The zero-order valence-corrected chi connectivity index (χ0v) is 11.1. The summed E-state index contributed by atoms with van der Waals surface area (Å²) in [5.74, 6) is 1.48. The van der Waals surface area contributed by atoms with Crippen LogP contribution >= 0.6 is 0 Å². The van der Waals surface area contributed by atoms with E-state index in [2.05, 4.69) is 0 Å². The second kappa shape index (κ2) is 4.23.